The molecule has 2 aromatic heterocycles. The molecule has 2 aromatic carbocycles. The number of hydrogen-bond donors (Lipinski definition) is 3. The molecule has 4 N–H and O–H groups in total. The molecule has 0 saturated carbocycles. The molecule has 0 fully saturated rings. The Morgan fingerprint density at radius 2 is 1.82 bits per heavy atom. The largest absolute Gasteiger partial charge is 0.453 e. The molecule has 0 spiro atoms. The van der Waals surface area contributed by atoms with Gasteiger partial charge in [-0.1, -0.05) is 29.8 Å². The van der Waals surface area contributed by atoms with Crippen molar-refractivity contribution in [3.05, 3.63) is 59.1 Å². The van der Waals surface area contributed by atoms with Crippen LogP contribution in [-0.4, -0.2) is 43.7 Å². The number of aromatic nitrogens is 4. The van der Waals surface area contributed by atoms with Crippen LogP contribution in [0.25, 0.3) is 22.4 Å². The summed E-state index contributed by atoms with van der Waals surface area (Å²) in [4.78, 5) is 34.7. The van der Waals surface area contributed by atoms with Gasteiger partial charge in [-0.05, 0) is 37.3 Å². The Morgan fingerprint density at radius 3 is 2.50 bits per heavy atom. The first-order valence-electron chi connectivity index (χ1n) is 11.7. The molecule has 0 aliphatic carbocycles. The number of carbonyl (C=O) groups is 2. The van der Waals surface area contributed by atoms with Crippen molar-refractivity contribution in [2.24, 2.45) is 0 Å². The van der Waals surface area contributed by atoms with Crippen molar-refractivity contribution in [2.45, 2.75) is 37.4 Å². The zero-order valence-electron chi connectivity index (χ0n) is 20.5. The molecule has 1 aliphatic rings. The summed E-state index contributed by atoms with van der Waals surface area (Å²) >= 11 is 6.04. The number of nitrogen functional groups attached to an aromatic ring is 1. The number of nitrogens with zero attached hydrogens (tertiary/aromatic N) is 4. The van der Waals surface area contributed by atoms with Gasteiger partial charge in [0.2, 0.25) is 11.8 Å². The van der Waals surface area contributed by atoms with E-state index in [0.29, 0.717) is 5.69 Å². The summed E-state index contributed by atoms with van der Waals surface area (Å²) in [5.74, 6) is -6.81. The second kappa shape index (κ2) is 9.40. The SMILES string of the molecule is CC1(C(=O)Nc2ccccc2)C(=O)Nc2nc(-c3nn(CCC(F)(F)C(F)(F)F)c4cc(Cl)ccc34)nc(N)c21. The number of anilines is 3. The van der Waals surface area contributed by atoms with Crippen LogP contribution >= 0.6 is 11.6 Å². The van der Waals surface area contributed by atoms with Crippen LogP contribution in [0.3, 0.4) is 0 Å². The van der Waals surface area contributed by atoms with E-state index >= 15 is 0 Å². The predicted molar refractivity (Wildman–Crippen MR) is 137 cm³/mol. The normalized spacial score (nSPS) is 17.1. The minimum absolute atomic E-state index is 0.00641. The van der Waals surface area contributed by atoms with Gasteiger partial charge in [0.05, 0.1) is 11.1 Å². The van der Waals surface area contributed by atoms with Crippen molar-refractivity contribution in [2.75, 3.05) is 16.4 Å². The second-order valence-corrected chi connectivity index (χ2v) is 9.68. The zero-order chi connectivity index (χ0) is 29.0. The average Bonchev–Trinajstić information content (AvgIpc) is 3.37. The van der Waals surface area contributed by atoms with Gasteiger partial charge in [0.15, 0.2) is 11.2 Å². The molecule has 1 aliphatic heterocycles. The van der Waals surface area contributed by atoms with Crippen molar-refractivity contribution in [1.82, 2.24) is 19.7 Å². The molecule has 0 bridgehead atoms. The highest BCUT2D eigenvalue weighted by molar-refractivity contribution is 6.31. The van der Waals surface area contributed by atoms with Gasteiger partial charge >= 0.3 is 12.1 Å². The Labute approximate surface area is 227 Å². The Kier molecular flexibility index (Phi) is 6.40. The van der Waals surface area contributed by atoms with E-state index in [2.05, 4.69) is 25.7 Å². The number of nitrogens with one attached hydrogen (secondary N) is 2. The van der Waals surface area contributed by atoms with Gasteiger partial charge in [0.25, 0.3) is 0 Å². The van der Waals surface area contributed by atoms with Gasteiger partial charge < -0.3 is 16.4 Å². The Bertz CT molecular complexity index is 1660. The summed E-state index contributed by atoms with van der Waals surface area (Å²) < 4.78 is 66.4. The maximum Gasteiger partial charge on any atom is 0.453 e. The van der Waals surface area contributed by atoms with Crippen LogP contribution in [0.2, 0.25) is 5.02 Å². The molecule has 5 rings (SSSR count). The van der Waals surface area contributed by atoms with Crippen molar-refractivity contribution < 1.29 is 31.5 Å². The lowest BCUT2D eigenvalue weighted by Crippen LogP contribution is -2.43. The van der Waals surface area contributed by atoms with Crippen molar-refractivity contribution >= 4 is 51.6 Å². The van der Waals surface area contributed by atoms with Crippen LogP contribution in [0, 0.1) is 0 Å². The van der Waals surface area contributed by atoms with E-state index in [1.165, 1.54) is 25.1 Å². The Hall–Kier alpha value is -4.33. The molecule has 0 radical (unpaired) electrons. The third-order valence-corrected chi connectivity index (χ3v) is 6.82. The van der Waals surface area contributed by atoms with Crippen molar-refractivity contribution in [3.63, 3.8) is 0 Å². The molecular formula is C25H19ClF5N7O2. The molecule has 40 heavy (non-hydrogen) atoms. The zero-order valence-corrected chi connectivity index (χ0v) is 21.2. The van der Waals surface area contributed by atoms with Gasteiger partial charge in [0.1, 0.15) is 17.3 Å². The standard InChI is InChI=1S/C25H19ClF5N7O2/c1-23(21(39)33-13-5-3-2-4-6-13)16-18(32)34-20(35-19(16)36-22(23)40)17-14-8-7-12(26)11-15(14)38(37-17)10-9-24(27,28)25(29,30)31/h2-8,11H,9-10H2,1H3,(H,33,39)(H3,32,34,35,36,40). The Balaban J connectivity index is 1.55. The number of rotatable bonds is 6. The Morgan fingerprint density at radius 1 is 1.12 bits per heavy atom. The molecule has 1 unspecified atom stereocenters. The molecule has 1 atom stereocenters. The van der Waals surface area contributed by atoms with E-state index in [9.17, 15) is 31.5 Å². The highest BCUT2D eigenvalue weighted by atomic mass is 35.5. The highest BCUT2D eigenvalue weighted by Crippen LogP contribution is 2.43. The van der Waals surface area contributed by atoms with E-state index in [0.717, 1.165) is 4.68 Å². The summed E-state index contributed by atoms with van der Waals surface area (Å²) in [5.41, 5.74) is 5.02. The summed E-state index contributed by atoms with van der Waals surface area (Å²) in [6, 6.07) is 12.7. The fraction of sp³-hybridized carbons (Fsp3) is 0.240. The number of fused-ring (bicyclic) bond motifs is 2. The number of alkyl halides is 5. The van der Waals surface area contributed by atoms with Gasteiger partial charge in [0, 0.05) is 29.1 Å². The number of amides is 2. The lowest BCUT2D eigenvalue weighted by Gasteiger charge is -2.21. The van der Waals surface area contributed by atoms with Crippen LogP contribution in [-0.2, 0) is 21.5 Å². The summed E-state index contributed by atoms with van der Waals surface area (Å²) in [7, 11) is 0. The van der Waals surface area contributed by atoms with Gasteiger partial charge in [-0.2, -0.15) is 27.1 Å². The monoisotopic (exact) mass is 579 g/mol. The molecular weight excluding hydrogens is 561 g/mol. The molecule has 0 saturated heterocycles. The van der Waals surface area contributed by atoms with Crippen LogP contribution in [0.5, 0.6) is 0 Å². The fourth-order valence-electron chi connectivity index (χ4n) is 4.38. The number of aryl methyl sites for hydroxylation is 1. The van der Waals surface area contributed by atoms with E-state index < -0.39 is 42.3 Å². The number of halogens is 6. The van der Waals surface area contributed by atoms with Crippen molar-refractivity contribution in [1.29, 1.82) is 0 Å². The molecule has 9 nitrogen and oxygen atoms in total. The van der Waals surface area contributed by atoms with Gasteiger partial charge in [-0.15, -0.1) is 0 Å². The minimum Gasteiger partial charge on any atom is -0.383 e. The average molecular weight is 580 g/mol. The summed E-state index contributed by atoms with van der Waals surface area (Å²) in [6.07, 6.45) is -7.30. The van der Waals surface area contributed by atoms with Crippen molar-refractivity contribution in [3.8, 4) is 11.5 Å². The minimum atomic E-state index is -5.73. The van der Waals surface area contributed by atoms with Crippen LogP contribution in [0.4, 0.5) is 39.3 Å². The number of para-hydroxylation sites is 1. The fourth-order valence-corrected chi connectivity index (χ4v) is 4.54. The topological polar surface area (TPSA) is 128 Å². The lowest BCUT2D eigenvalue weighted by atomic mass is 9.83. The third-order valence-electron chi connectivity index (χ3n) is 6.59. The predicted octanol–water partition coefficient (Wildman–Crippen LogP) is 5.17. The van der Waals surface area contributed by atoms with E-state index in [4.69, 9.17) is 17.3 Å². The first-order valence-corrected chi connectivity index (χ1v) is 12.1. The summed E-state index contributed by atoms with van der Waals surface area (Å²) in [6.45, 7) is 0.553. The second-order valence-electron chi connectivity index (χ2n) is 9.24. The van der Waals surface area contributed by atoms with E-state index in [-0.39, 0.29) is 44.6 Å². The van der Waals surface area contributed by atoms with Crippen LogP contribution in [0.1, 0.15) is 18.9 Å². The first-order chi connectivity index (χ1) is 18.7. The first kappa shape index (κ1) is 27.2. The smallest absolute Gasteiger partial charge is 0.383 e. The molecule has 3 heterocycles. The number of benzene rings is 2. The van der Waals surface area contributed by atoms with Gasteiger partial charge in [-0.3, -0.25) is 14.3 Å². The van der Waals surface area contributed by atoms with Crippen LogP contribution < -0.4 is 16.4 Å². The third kappa shape index (κ3) is 4.47. The number of carbonyl (C=O) groups excluding carboxylic acids is 2. The molecule has 208 valence electrons. The number of hydrogen-bond acceptors (Lipinski definition) is 6. The van der Waals surface area contributed by atoms with E-state index in [1.54, 1.807) is 30.3 Å². The molecule has 4 aromatic rings. The highest BCUT2D eigenvalue weighted by Gasteiger charge is 2.57. The maximum atomic E-state index is 13.6. The quantitative estimate of drug-likeness (QED) is 0.214. The number of nitrogens with two attached hydrogens (primary N) is 1. The van der Waals surface area contributed by atoms with Gasteiger partial charge in [-0.25, -0.2) is 9.97 Å². The summed E-state index contributed by atoms with van der Waals surface area (Å²) in [5, 5.41) is 9.83. The van der Waals surface area contributed by atoms with E-state index in [1.807, 2.05) is 0 Å². The lowest BCUT2D eigenvalue weighted by molar-refractivity contribution is -0.285. The van der Waals surface area contributed by atoms with Crippen LogP contribution in [0.15, 0.2) is 48.5 Å². The maximum absolute atomic E-state index is 13.6. The molecule has 2 amide bonds. The molecule has 15 heteroatoms.